The second kappa shape index (κ2) is 13.1. The van der Waals surface area contributed by atoms with Crippen molar-refractivity contribution in [3.8, 4) is 33.9 Å². The van der Waals surface area contributed by atoms with Crippen molar-refractivity contribution >= 4 is 12.2 Å². The zero-order valence-electron chi connectivity index (χ0n) is 28.9. The molecule has 4 aromatic rings. The number of nitrogens with one attached hydrogen (secondary N) is 2. The second-order valence-corrected chi connectivity index (χ2v) is 14.6. The van der Waals surface area contributed by atoms with Crippen LogP contribution in [0.15, 0.2) is 42.9 Å². The average Bonchev–Trinajstić information content (AvgIpc) is 3.85. The molecule has 2 aliphatic rings. The van der Waals surface area contributed by atoms with Crippen LogP contribution in [0.5, 0.6) is 0 Å². The van der Waals surface area contributed by atoms with Crippen molar-refractivity contribution in [1.29, 1.82) is 0 Å². The number of carbonyl (C=O) groups is 2. The summed E-state index contributed by atoms with van der Waals surface area (Å²) in [6.45, 7) is 11.6. The van der Waals surface area contributed by atoms with Crippen LogP contribution in [0.3, 0.4) is 0 Å². The number of nitrogens with zero attached hydrogens (tertiary/aromatic N) is 6. The number of halogens is 3. The lowest BCUT2D eigenvalue weighted by Crippen LogP contribution is -2.36. The van der Waals surface area contributed by atoms with Gasteiger partial charge in [0.05, 0.1) is 29.7 Å². The largest absolute Gasteiger partial charge is 0.444 e. The molecule has 1 aromatic carbocycles. The zero-order valence-corrected chi connectivity index (χ0v) is 28.9. The number of rotatable bonds is 5. The molecule has 2 saturated heterocycles. The van der Waals surface area contributed by atoms with E-state index in [4.69, 9.17) is 9.47 Å². The molecule has 0 unspecified atom stereocenters. The highest BCUT2D eigenvalue weighted by Crippen LogP contribution is 2.40. The van der Waals surface area contributed by atoms with E-state index in [0.717, 1.165) is 12.8 Å². The Morgan fingerprint density at radius 3 is 1.76 bits per heavy atom. The van der Waals surface area contributed by atoms with Crippen molar-refractivity contribution in [2.45, 2.75) is 96.7 Å². The summed E-state index contributed by atoms with van der Waals surface area (Å²) in [5.41, 5.74) is -0.351. The normalized spacial score (nSPS) is 18.5. The number of aromatic nitrogens is 6. The Kier molecular flexibility index (Phi) is 9.12. The predicted octanol–water partition coefficient (Wildman–Crippen LogP) is 8.09. The maximum absolute atomic E-state index is 14.2. The number of imidazole rings is 2. The van der Waals surface area contributed by atoms with Gasteiger partial charge in [0.2, 0.25) is 0 Å². The minimum atomic E-state index is -4.73. The molecule has 3 aromatic heterocycles. The summed E-state index contributed by atoms with van der Waals surface area (Å²) in [6, 6.07) is 5.50. The Hall–Kier alpha value is -4.95. The summed E-state index contributed by atoms with van der Waals surface area (Å²) in [6.07, 6.45) is 1.91. The molecule has 0 bridgehead atoms. The number of aromatic amines is 2. The molecule has 0 aliphatic carbocycles. The van der Waals surface area contributed by atoms with E-state index in [2.05, 4.69) is 29.9 Å². The molecular formula is C35H41F3N8O4. The molecule has 0 saturated carbocycles. The molecular weight excluding hydrogens is 653 g/mol. The Labute approximate surface area is 287 Å². The fraction of sp³-hybridized carbons (Fsp3) is 0.486. The Bertz CT molecular complexity index is 1840. The van der Waals surface area contributed by atoms with Gasteiger partial charge in [-0.1, -0.05) is 24.3 Å². The number of hydrogen-bond acceptors (Lipinski definition) is 8. The van der Waals surface area contributed by atoms with Gasteiger partial charge in [-0.15, -0.1) is 0 Å². The third kappa shape index (κ3) is 7.60. The molecule has 2 atom stereocenters. The SMILES string of the molecule is CC(C)(C)OC(=O)N1CCC[C@H]1c1ncc(-c2cnc(-c3ccc(-c4[nH]c([C@@H]5CCCN5C(=O)OC(C)(C)C)nc4C(F)(F)F)cc3)nc2)[nH]1. The van der Waals surface area contributed by atoms with Gasteiger partial charge in [-0.3, -0.25) is 9.80 Å². The number of alkyl halides is 3. The summed E-state index contributed by atoms with van der Waals surface area (Å²) < 4.78 is 53.7. The number of ether oxygens (including phenoxy) is 2. The van der Waals surface area contributed by atoms with Gasteiger partial charge in [0.15, 0.2) is 11.5 Å². The van der Waals surface area contributed by atoms with Crippen molar-refractivity contribution in [3.63, 3.8) is 0 Å². The number of amides is 2. The molecule has 5 heterocycles. The molecule has 2 aliphatic heterocycles. The van der Waals surface area contributed by atoms with E-state index in [1.165, 1.54) is 4.90 Å². The fourth-order valence-corrected chi connectivity index (χ4v) is 6.20. The summed E-state index contributed by atoms with van der Waals surface area (Å²) in [7, 11) is 0. The second-order valence-electron chi connectivity index (χ2n) is 14.6. The predicted molar refractivity (Wildman–Crippen MR) is 177 cm³/mol. The van der Waals surface area contributed by atoms with Crippen molar-refractivity contribution in [2.24, 2.45) is 0 Å². The van der Waals surface area contributed by atoms with E-state index in [9.17, 15) is 22.8 Å². The van der Waals surface area contributed by atoms with Gasteiger partial charge in [-0.2, -0.15) is 13.2 Å². The fourth-order valence-electron chi connectivity index (χ4n) is 6.20. The molecule has 6 rings (SSSR count). The van der Waals surface area contributed by atoms with Gasteiger partial charge in [-0.25, -0.2) is 29.5 Å². The summed E-state index contributed by atoms with van der Waals surface area (Å²) in [5.74, 6) is 1.09. The van der Waals surface area contributed by atoms with Crippen LogP contribution in [0, 0.1) is 0 Å². The van der Waals surface area contributed by atoms with Crippen molar-refractivity contribution in [2.75, 3.05) is 13.1 Å². The number of H-pyrrole nitrogens is 2. The first-order valence-electron chi connectivity index (χ1n) is 16.6. The van der Waals surface area contributed by atoms with Crippen LogP contribution >= 0.6 is 0 Å². The third-order valence-corrected chi connectivity index (χ3v) is 8.37. The van der Waals surface area contributed by atoms with Crippen LogP contribution in [-0.4, -0.2) is 76.2 Å². The number of carbonyl (C=O) groups excluding carboxylic acids is 2. The van der Waals surface area contributed by atoms with Gasteiger partial charge in [0.1, 0.15) is 22.9 Å². The van der Waals surface area contributed by atoms with Crippen LogP contribution in [0.2, 0.25) is 0 Å². The van der Waals surface area contributed by atoms with E-state index in [1.807, 2.05) is 20.8 Å². The van der Waals surface area contributed by atoms with Gasteiger partial charge >= 0.3 is 18.4 Å². The van der Waals surface area contributed by atoms with Crippen LogP contribution in [-0.2, 0) is 15.7 Å². The lowest BCUT2D eigenvalue weighted by atomic mass is 10.1. The molecule has 50 heavy (non-hydrogen) atoms. The van der Waals surface area contributed by atoms with Gasteiger partial charge in [0, 0.05) is 42.2 Å². The van der Waals surface area contributed by atoms with Crippen LogP contribution in [0.4, 0.5) is 22.8 Å². The van der Waals surface area contributed by atoms with Crippen LogP contribution in [0.1, 0.15) is 96.7 Å². The van der Waals surface area contributed by atoms with E-state index in [-0.39, 0.29) is 29.2 Å². The molecule has 15 heteroatoms. The Morgan fingerprint density at radius 2 is 1.24 bits per heavy atom. The van der Waals surface area contributed by atoms with E-state index in [0.29, 0.717) is 54.4 Å². The highest BCUT2D eigenvalue weighted by molar-refractivity contribution is 5.71. The smallest absolute Gasteiger partial charge is 0.435 e. The first-order chi connectivity index (χ1) is 23.5. The Balaban J connectivity index is 1.18. The quantitative estimate of drug-likeness (QED) is 0.214. The third-order valence-electron chi connectivity index (χ3n) is 8.37. The molecule has 0 spiro atoms. The molecule has 2 N–H and O–H groups in total. The highest BCUT2D eigenvalue weighted by atomic mass is 19.4. The van der Waals surface area contributed by atoms with Crippen LogP contribution < -0.4 is 0 Å². The number of likely N-dealkylation sites (tertiary alicyclic amines) is 2. The molecule has 0 radical (unpaired) electrons. The van der Waals surface area contributed by atoms with Crippen molar-refractivity contribution < 1.29 is 32.2 Å². The van der Waals surface area contributed by atoms with Gasteiger partial charge in [-0.05, 0) is 67.2 Å². The zero-order chi connectivity index (χ0) is 36.0. The minimum Gasteiger partial charge on any atom is -0.444 e. The van der Waals surface area contributed by atoms with Gasteiger partial charge < -0.3 is 19.4 Å². The molecule has 2 fully saturated rings. The molecule has 2 amide bonds. The highest BCUT2D eigenvalue weighted by Gasteiger charge is 2.41. The van der Waals surface area contributed by atoms with E-state index in [1.54, 1.807) is 68.5 Å². The maximum atomic E-state index is 14.2. The molecule has 266 valence electrons. The standard InChI is InChI=1S/C35H41F3N8O4/c1-33(2,3)49-31(47)45-15-7-9-24(45)29-41-19-23(42-29)22-17-39-28(40-18-22)21-13-11-20(12-14-21)26-27(35(36,37)38)44-30(43-26)25-10-8-16-46(25)32(48)50-34(4,5)6/h11-14,17-19,24-25H,7-10,15-16H2,1-6H3,(H,41,42)(H,43,44)/t24-,25-/m0/s1. The first-order valence-corrected chi connectivity index (χ1v) is 16.6. The summed E-state index contributed by atoms with van der Waals surface area (Å²) in [4.78, 5) is 52.3. The van der Waals surface area contributed by atoms with Crippen LogP contribution in [0.25, 0.3) is 33.9 Å². The topological polar surface area (TPSA) is 142 Å². The maximum Gasteiger partial charge on any atom is 0.435 e. The summed E-state index contributed by atoms with van der Waals surface area (Å²) >= 11 is 0. The Morgan fingerprint density at radius 1 is 0.720 bits per heavy atom. The number of hydrogen-bond donors (Lipinski definition) is 2. The first kappa shape index (κ1) is 34.9. The van der Waals surface area contributed by atoms with E-state index < -0.39 is 35.2 Å². The lowest BCUT2D eigenvalue weighted by molar-refractivity contribution is -0.140. The number of benzene rings is 1. The minimum absolute atomic E-state index is 0.0612. The van der Waals surface area contributed by atoms with Gasteiger partial charge in [0.25, 0.3) is 0 Å². The average molecular weight is 695 g/mol. The summed E-state index contributed by atoms with van der Waals surface area (Å²) in [5, 5.41) is 0. The van der Waals surface area contributed by atoms with Crippen molar-refractivity contribution in [3.05, 3.63) is 60.2 Å². The molecule has 12 nitrogen and oxygen atoms in total. The van der Waals surface area contributed by atoms with E-state index >= 15 is 0 Å². The monoisotopic (exact) mass is 694 g/mol. The van der Waals surface area contributed by atoms with Crippen molar-refractivity contribution in [1.82, 2.24) is 39.7 Å². The lowest BCUT2D eigenvalue weighted by Gasteiger charge is -2.27.